The summed E-state index contributed by atoms with van der Waals surface area (Å²) in [5.74, 6) is 0.285. The van der Waals surface area contributed by atoms with E-state index in [-0.39, 0.29) is 30.4 Å². The minimum atomic E-state index is -0.342. The van der Waals surface area contributed by atoms with Gasteiger partial charge in [0.1, 0.15) is 5.82 Å². The highest BCUT2D eigenvalue weighted by molar-refractivity contribution is 6.10. The summed E-state index contributed by atoms with van der Waals surface area (Å²) in [4.78, 5) is 33.7. The molecule has 0 saturated carbocycles. The van der Waals surface area contributed by atoms with Gasteiger partial charge in [-0.15, -0.1) is 12.4 Å². The Kier molecular flexibility index (Phi) is 6.89. The summed E-state index contributed by atoms with van der Waals surface area (Å²) in [6.07, 6.45) is 0. The number of urea groups is 1. The highest BCUT2D eigenvalue weighted by atomic mass is 35.5. The number of nitrogens with zero attached hydrogens (tertiary/aromatic N) is 3. The van der Waals surface area contributed by atoms with Crippen molar-refractivity contribution < 1.29 is 9.59 Å². The molecule has 8 heteroatoms. The molecule has 2 aromatic carbocycles. The number of halogens is 1. The fraction of sp³-hybridized carbons (Fsp3) is 0.174. The van der Waals surface area contributed by atoms with Crippen molar-refractivity contribution in [1.29, 1.82) is 0 Å². The monoisotopic (exact) mass is 437 g/mol. The number of fused-ring (bicyclic) bond motifs is 1. The zero-order valence-electron chi connectivity index (χ0n) is 17.3. The Morgan fingerprint density at radius 2 is 1.58 bits per heavy atom. The van der Waals surface area contributed by atoms with Crippen molar-refractivity contribution in [2.45, 2.75) is 19.5 Å². The van der Waals surface area contributed by atoms with Crippen molar-refractivity contribution in [3.63, 3.8) is 0 Å². The number of likely N-dealkylation sites (N-methyl/N-ethyl adjacent to an activating group) is 1. The van der Waals surface area contributed by atoms with Gasteiger partial charge >= 0.3 is 6.03 Å². The van der Waals surface area contributed by atoms with E-state index in [4.69, 9.17) is 0 Å². The second kappa shape index (κ2) is 9.59. The van der Waals surface area contributed by atoms with Crippen LogP contribution in [0.4, 0.5) is 27.7 Å². The Bertz CT molecular complexity index is 1060. The first kappa shape index (κ1) is 22.3. The van der Waals surface area contributed by atoms with E-state index in [1.54, 1.807) is 29.8 Å². The predicted octanol–water partition coefficient (Wildman–Crippen LogP) is 4.33. The number of hydrogen-bond acceptors (Lipinski definition) is 4. The van der Waals surface area contributed by atoms with Crippen LogP contribution in [0, 0.1) is 0 Å². The molecule has 4 rings (SSSR count). The molecule has 2 heterocycles. The van der Waals surface area contributed by atoms with Crippen LogP contribution in [0.5, 0.6) is 0 Å². The average molecular weight is 438 g/mol. The van der Waals surface area contributed by atoms with Crippen LogP contribution in [-0.4, -0.2) is 30.0 Å². The van der Waals surface area contributed by atoms with Crippen LogP contribution in [0.3, 0.4) is 0 Å². The molecule has 0 radical (unpaired) electrons. The summed E-state index contributed by atoms with van der Waals surface area (Å²) >= 11 is 0. The molecule has 7 nitrogen and oxygen atoms in total. The maximum Gasteiger partial charge on any atom is 0.334 e. The molecular formula is C23H24ClN5O2. The van der Waals surface area contributed by atoms with Gasteiger partial charge in [0.25, 0.3) is 0 Å². The molecule has 0 aliphatic carbocycles. The van der Waals surface area contributed by atoms with Crippen LogP contribution >= 0.6 is 12.4 Å². The number of para-hydroxylation sites is 2. The molecule has 1 aliphatic rings. The second-order valence-electron chi connectivity index (χ2n) is 7.04. The van der Waals surface area contributed by atoms with Crippen LogP contribution < -0.4 is 20.4 Å². The van der Waals surface area contributed by atoms with Gasteiger partial charge in [-0.1, -0.05) is 36.4 Å². The number of anilines is 4. The fourth-order valence-electron chi connectivity index (χ4n) is 3.33. The minimum absolute atomic E-state index is 0. The lowest BCUT2D eigenvalue weighted by molar-refractivity contribution is -0.117. The molecule has 0 saturated heterocycles. The van der Waals surface area contributed by atoms with E-state index in [0.717, 1.165) is 11.4 Å². The third kappa shape index (κ3) is 4.52. The number of pyridine rings is 1. The maximum absolute atomic E-state index is 13.4. The predicted molar refractivity (Wildman–Crippen MR) is 125 cm³/mol. The summed E-state index contributed by atoms with van der Waals surface area (Å²) in [7, 11) is 1.73. The summed E-state index contributed by atoms with van der Waals surface area (Å²) < 4.78 is 0. The first-order chi connectivity index (χ1) is 14.6. The van der Waals surface area contributed by atoms with Crippen molar-refractivity contribution in [2.75, 3.05) is 22.2 Å². The van der Waals surface area contributed by atoms with Gasteiger partial charge in [-0.3, -0.25) is 14.6 Å². The topological polar surface area (TPSA) is 77.6 Å². The normalized spacial score (nSPS) is 13.8. The standard InChI is InChI=1S/C23H23N5O2.ClH/c1-16(24-2)22(29)26-21-14-13-20-19(25-21)15-27(17-9-5-3-6-10-17)23(30)28(20)18-11-7-4-8-12-18;/h3-14,16,24H,15H2,1-2H3,(H,25,26,29);1H. The van der Waals surface area contributed by atoms with E-state index in [2.05, 4.69) is 15.6 Å². The molecule has 1 aliphatic heterocycles. The van der Waals surface area contributed by atoms with Crippen molar-refractivity contribution in [2.24, 2.45) is 0 Å². The van der Waals surface area contributed by atoms with E-state index < -0.39 is 0 Å². The number of carbonyl (C=O) groups excluding carboxylic acids is 2. The summed E-state index contributed by atoms with van der Waals surface area (Å²) in [6, 6.07) is 22.0. The third-order valence-electron chi connectivity index (χ3n) is 5.08. The molecule has 3 aromatic rings. The SMILES string of the molecule is CNC(C)C(=O)Nc1ccc2c(n1)CN(c1ccccc1)C(=O)N2c1ccccc1.Cl. The smallest absolute Gasteiger partial charge is 0.309 e. The molecule has 2 N–H and O–H groups in total. The highest BCUT2D eigenvalue weighted by Crippen LogP contribution is 2.36. The first-order valence-corrected chi connectivity index (χ1v) is 9.78. The van der Waals surface area contributed by atoms with Gasteiger partial charge in [-0.25, -0.2) is 9.78 Å². The van der Waals surface area contributed by atoms with Gasteiger partial charge in [0, 0.05) is 5.69 Å². The number of hydrogen-bond donors (Lipinski definition) is 2. The second-order valence-corrected chi connectivity index (χ2v) is 7.04. The van der Waals surface area contributed by atoms with Gasteiger partial charge in [0.2, 0.25) is 5.91 Å². The Labute approximate surface area is 187 Å². The van der Waals surface area contributed by atoms with Crippen LogP contribution in [0.15, 0.2) is 72.8 Å². The molecule has 0 fully saturated rings. The van der Waals surface area contributed by atoms with E-state index in [1.807, 2.05) is 66.7 Å². The molecule has 1 unspecified atom stereocenters. The van der Waals surface area contributed by atoms with Crippen molar-refractivity contribution >= 4 is 47.2 Å². The quantitative estimate of drug-likeness (QED) is 0.622. The number of nitrogens with one attached hydrogen (secondary N) is 2. The molecule has 3 amide bonds. The zero-order chi connectivity index (χ0) is 21.1. The largest absolute Gasteiger partial charge is 0.334 e. The summed E-state index contributed by atoms with van der Waals surface area (Å²) in [5.41, 5.74) is 2.95. The van der Waals surface area contributed by atoms with E-state index in [0.29, 0.717) is 23.7 Å². The van der Waals surface area contributed by atoms with Crippen LogP contribution in [-0.2, 0) is 11.3 Å². The lowest BCUT2D eigenvalue weighted by Gasteiger charge is -2.36. The number of amides is 3. The van der Waals surface area contributed by atoms with Gasteiger partial charge in [-0.05, 0) is 50.4 Å². The molecule has 1 aromatic heterocycles. The number of benzene rings is 2. The van der Waals surface area contributed by atoms with Gasteiger partial charge in [-0.2, -0.15) is 0 Å². The maximum atomic E-state index is 13.4. The molecule has 0 bridgehead atoms. The summed E-state index contributed by atoms with van der Waals surface area (Å²) in [6.45, 7) is 2.09. The van der Waals surface area contributed by atoms with E-state index in [9.17, 15) is 9.59 Å². The molecule has 1 atom stereocenters. The van der Waals surface area contributed by atoms with Gasteiger partial charge in [0.15, 0.2) is 0 Å². The minimum Gasteiger partial charge on any atom is -0.309 e. The first-order valence-electron chi connectivity index (χ1n) is 9.78. The molecule has 0 spiro atoms. The summed E-state index contributed by atoms with van der Waals surface area (Å²) in [5, 5.41) is 5.74. The molecular weight excluding hydrogens is 414 g/mol. The Morgan fingerprint density at radius 1 is 0.968 bits per heavy atom. The van der Waals surface area contributed by atoms with Crippen LogP contribution in [0.25, 0.3) is 0 Å². The Balaban J connectivity index is 0.00000272. The molecule has 160 valence electrons. The number of rotatable bonds is 5. The lowest BCUT2D eigenvalue weighted by Crippen LogP contribution is -2.45. The van der Waals surface area contributed by atoms with Gasteiger partial charge in [0.05, 0.1) is 29.7 Å². The number of carbonyl (C=O) groups is 2. The number of aromatic nitrogens is 1. The zero-order valence-corrected chi connectivity index (χ0v) is 18.1. The van der Waals surface area contributed by atoms with Crippen molar-refractivity contribution in [1.82, 2.24) is 10.3 Å². The lowest BCUT2D eigenvalue weighted by atomic mass is 10.1. The van der Waals surface area contributed by atoms with Crippen LogP contribution in [0.2, 0.25) is 0 Å². The van der Waals surface area contributed by atoms with Crippen molar-refractivity contribution in [3.8, 4) is 0 Å². The average Bonchev–Trinajstić information content (AvgIpc) is 2.79. The third-order valence-corrected chi connectivity index (χ3v) is 5.08. The van der Waals surface area contributed by atoms with Crippen molar-refractivity contribution in [3.05, 3.63) is 78.5 Å². The van der Waals surface area contributed by atoms with E-state index in [1.165, 1.54) is 0 Å². The van der Waals surface area contributed by atoms with Crippen LogP contribution in [0.1, 0.15) is 12.6 Å². The van der Waals surface area contributed by atoms with Gasteiger partial charge < -0.3 is 10.6 Å². The Hall–Kier alpha value is -3.42. The fourth-order valence-corrected chi connectivity index (χ4v) is 3.33. The Morgan fingerprint density at radius 3 is 2.19 bits per heavy atom. The highest BCUT2D eigenvalue weighted by Gasteiger charge is 2.33. The molecule has 31 heavy (non-hydrogen) atoms. The van der Waals surface area contributed by atoms with E-state index >= 15 is 0 Å².